The van der Waals surface area contributed by atoms with Gasteiger partial charge in [-0.2, -0.15) is 0 Å². The predicted molar refractivity (Wildman–Crippen MR) is 97.3 cm³/mol. The van der Waals surface area contributed by atoms with Gasteiger partial charge in [-0.05, 0) is 41.4 Å². The van der Waals surface area contributed by atoms with E-state index in [0.717, 1.165) is 6.42 Å². The molecular formula is C15H17BrN6O3. The number of carbonyl (C=O) groups is 1. The van der Waals surface area contributed by atoms with Crippen molar-refractivity contribution in [1.82, 2.24) is 15.4 Å². The minimum Gasteiger partial charge on any atom is -0.362 e. The zero-order valence-electron chi connectivity index (χ0n) is 13.6. The molecule has 2 aromatic rings. The maximum absolute atomic E-state index is 12.2. The monoisotopic (exact) mass is 408 g/mol. The van der Waals surface area contributed by atoms with Gasteiger partial charge < -0.3 is 5.32 Å². The fourth-order valence-corrected chi connectivity index (χ4v) is 2.38. The molecule has 0 aliphatic rings. The number of nitrogens with one attached hydrogen (secondary N) is 3. The van der Waals surface area contributed by atoms with Crippen molar-refractivity contribution in [3.05, 3.63) is 50.7 Å². The summed E-state index contributed by atoms with van der Waals surface area (Å²) in [6, 6.07) is 6.82. The van der Waals surface area contributed by atoms with Crippen molar-refractivity contribution >= 4 is 39.2 Å². The first-order chi connectivity index (χ1) is 11.9. The quantitative estimate of drug-likeness (QED) is 0.474. The molecule has 1 heterocycles. The largest absolute Gasteiger partial charge is 0.362 e. The number of amides is 1. The van der Waals surface area contributed by atoms with Crippen LogP contribution in [0.5, 0.6) is 0 Å². The molecule has 0 bridgehead atoms. The van der Waals surface area contributed by atoms with Gasteiger partial charge in [-0.15, -0.1) is 0 Å². The summed E-state index contributed by atoms with van der Waals surface area (Å²) >= 11 is 3.27. The molecule has 0 aliphatic heterocycles. The van der Waals surface area contributed by atoms with Crippen LogP contribution in [0.4, 0.5) is 17.3 Å². The third kappa shape index (κ3) is 4.63. The zero-order chi connectivity index (χ0) is 18.4. The maximum atomic E-state index is 12.2. The lowest BCUT2D eigenvalue weighted by Crippen LogP contribution is -2.30. The number of carbonyl (C=O) groups excluding carboxylic acids is 1. The van der Waals surface area contributed by atoms with E-state index in [2.05, 4.69) is 42.1 Å². The topological polar surface area (TPSA) is 122 Å². The SMILES string of the molecule is CCC(C)Nc1ncnc(NNC(=O)c2ccccc2Br)c1[N+](=O)[O-]. The van der Waals surface area contributed by atoms with Crippen molar-refractivity contribution in [3.63, 3.8) is 0 Å². The number of hydrogen-bond acceptors (Lipinski definition) is 7. The van der Waals surface area contributed by atoms with Crippen LogP contribution in [-0.4, -0.2) is 26.8 Å². The molecule has 1 atom stereocenters. The minimum atomic E-state index is -0.600. The number of anilines is 2. The molecule has 1 aromatic carbocycles. The molecule has 0 aliphatic carbocycles. The molecule has 1 amide bonds. The molecule has 25 heavy (non-hydrogen) atoms. The molecular weight excluding hydrogens is 392 g/mol. The second-order valence-electron chi connectivity index (χ2n) is 5.19. The highest BCUT2D eigenvalue weighted by Crippen LogP contribution is 2.29. The first-order valence-corrected chi connectivity index (χ1v) is 8.30. The molecule has 0 saturated carbocycles. The maximum Gasteiger partial charge on any atom is 0.354 e. The van der Waals surface area contributed by atoms with Gasteiger partial charge >= 0.3 is 5.69 Å². The van der Waals surface area contributed by atoms with Crippen molar-refractivity contribution in [3.8, 4) is 0 Å². The summed E-state index contributed by atoms with van der Waals surface area (Å²) in [5.41, 5.74) is 4.94. The molecule has 132 valence electrons. The number of aromatic nitrogens is 2. The lowest BCUT2D eigenvalue weighted by atomic mass is 10.2. The van der Waals surface area contributed by atoms with Crippen LogP contribution in [0, 0.1) is 10.1 Å². The van der Waals surface area contributed by atoms with E-state index in [1.807, 2.05) is 13.8 Å². The van der Waals surface area contributed by atoms with Crippen LogP contribution in [0.15, 0.2) is 35.1 Å². The Bertz CT molecular complexity index is 786. The number of rotatable bonds is 7. The molecule has 1 aromatic heterocycles. The molecule has 0 saturated heterocycles. The van der Waals surface area contributed by atoms with Gasteiger partial charge in [0.05, 0.1) is 10.5 Å². The number of hydrazine groups is 1. The summed E-state index contributed by atoms with van der Waals surface area (Å²) in [7, 11) is 0. The van der Waals surface area contributed by atoms with E-state index in [1.165, 1.54) is 6.33 Å². The summed E-state index contributed by atoms with van der Waals surface area (Å²) in [6.45, 7) is 3.83. The summed E-state index contributed by atoms with van der Waals surface area (Å²) in [6.07, 6.45) is 1.95. The van der Waals surface area contributed by atoms with Crippen molar-refractivity contribution < 1.29 is 9.72 Å². The third-order valence-corrected chi connectivity index (χ3v) is 4.10. The van der Waals surface area contributed by atoms with Crippen LogP contribution in [0.3, 0.4) is 0 Å². The second kappa shape index (κ2) is 8.38. The van der Waals surface area contributed by atoms with E-state index in [4.69, 9.17) is 0 Å². The van der Waals surface area contributed by atoms with Gasteiger partial charge in [0.25, 0.3) is 5.91 Å². The first kappa shape index (κ1) is 18.6. The number of benzene rings is 1. The van der Waals surface area contributed by atoms with Crippen LogP contribution in [0.25, 0.3) is 0 Å². The van der Waals surface area contributed by atoms with E-state index in [9.17, 15) is 14.9 Å². The Labute approximate surface area is 152 Å². The van der Waals surface area contributed by atoms with E-state index in [1.54, 1.807) is 24.3 Å². The van der Waals surface area contributed by atoms with Gasteiger partial charge in [0.2, 0.25) is 11.6 Å². The Kier molecular flexibility index (Phi) is 6.23. The van der Waals surface area contributed by atoms with Crippen LogP contribution < -0.4 is 16.2 Å². The van der Waals surface area contributed by atoms with Gasteiger partial charge in [0.15, 0.2) is 0 Å². The number of hydrogen-bond donors (Lipinski definition) is 3. The van der Waals surface area contributed by atoms with Crippen molar-refractivity contribution in [1.29, 1.82) is 0 Å². The lowest BCUT2D eigenvalue weighted by Gasteiger charge is -2.14. The highest BCUT2D eigenvalue weighted by Gasteiger charge is 2.24. The molecule has 9 nitrogen and oxygen atoms in total. The highest BCUT2D eigenvalue weighted by atomic mass is 79.9. The number of nitro groups is 1. The summed E-state index contributed by atoms with van der Waals surface area (Å²) in [4.78, 5) is 30.8. The van der Waals surface area contributed by atoms with E-state index < -0.39 is 10.8 Å². The fourth-order valence-electron chi connectivity index (χ4n) is 1.91. The number of halogens is 1. The Hall–Kier alpha value is -2.75. The van der Waals surface area contributed by atoms with Crippen molar-refractivity contribution in [2.75, 3.05) is 10.7 Å². The van der Waals surface area contributed by atoms with Crippen LogP contribution in [0.2, 0.25) is 0 Å². The Morgan fingerprint density at radius 2 is 2.00 bits per heavy atom. The van der Waals surface area contributed by atoms with E-state index in [-0.39, 0.29) is 23.4 Å². The third-order valence-electron chi connectivity index (χ3n) is 3.41. The molecule has 1 unspecified atom stereocenters. The van der Waals surface area contributed by atoms with Gasteiger partial charge in [0, 0.05) is 10.5 Å². The summed E-state index contributed by atoms with van der Waals surface area (Å²) < 4.78 is 0.602. The lowest BCUT2D eigenvalue weighted by molar-refractivity contribution is -0.383. The minimum absolute atomic E-state index is 0.00341. The van der Waals surface area contributed by atoms with Gasteiger partial charge in [-0.25, -0.2) is 9.97 Å². The Morgan fingerprint density at radius 1 is 1.32 bits per heavy atom. The normalized spacial score (nSPS) is 11.5. The number of nitrogens with zero attached hydrogens (tertiary/aromatic N) is 3. The van der Waals surface area contributed by atoms with Crippen molar-refractivity contribution in [2.45, 2.75) is 26.3 Å². The van der Waals surface area contributed by atoms with Gasteiger partial charge in [-0.3, -0.25) is 25.8 Å². The average molecular weight is 409 g/mol. The fraction of sp³-hybridized carbons (Fsp3) is 0.267. The standard InChI is InChI=1S/C15H17BrN6O3/c1-3-9(2)19-13-12(22(24)25)14(18-8-17-13)20-21-15(23)10-6-4-5-7-11(10)16/h4-9H,3H2,1-2H3,(H,21,23)(H2,17,18,19,20). The van der Waals surface area contributed by atoms with Gasteiger partial charge in [0.1, 0.15) is 6.33 Å². The molecule has 10 heteroatoms. The van der Waals surface area contributed by atoms with Crippen LogP contribution in [-0.2, 0) is 0 Å². The molecule has 0 radical (unpaired) electrons. The van der Waals surface area contributed by atoms with Crippen molar-refractivity contribution in [2.24, 2.45) is 0 Å². The van der Waals surface area contributed by atoms with Crippen LogP contribution >= 0.6 is 15.9 Å². The first-order valence-electron chi connectivity index (χ1n) is 7.50. The highest BCUT2D eigenvalue weighted by molar-refractivity contribution is 9.10. The Morgan fingerprint density at radius 3 is 2.64 bits per heavy atom. The van der Waals surface area contributed by atoms with E-state index in [0.29, 0.717) is 10.0 Å². The predicted octanol–water partition coefficient (Wildman–Crippen LogP) is 3.11. The average Bonchev–Trinajstić information content (AvgIpc) is 2.59. The molecule has 2 rings (SSSR count). The molecule has 3 N–H and O–H groups in total. The van der Waals surface area contributed by atoms with E-state index >= 15 is 0 Å². The Balaban J connectivity index is 2.21. The molecule has 0 spiro atoms. The second-order valence-corrected chi connectivity index (χ2v) is 6.04. The summed E-state index contributed by atoms with van der Waals surface area (Å²) in [5, 5.41) is 14.4. The molecule has 0 fully saturated rings. The smallest absolute Gasteiger partial charge is 0.354 e. The zero-order valence-corrected chi connectivity index (χ0v) is 15.2. The summed E-state index contributed by atoms with van der Waals surface area (Å²) in [5.74, 6) is -0.477. The van der Waals surface area contributed by atoms with Gasteiger partial charge in [-0.1, -0.05) is 19.1 Å². The van der Waals surface area contributed by atoms with Crippen LogP contribution in [0.1, 0.15) is 30.6 Å².